The highest BCUT2D eigenvalue weighted by molar-refractivity contribution is 5.56. The molecule has 4 nitrogen and oxygen atoms in total. The first-order valence-corrected chi connectivity index (χ1v) is 7.21. The molecule has 1 aromatic heterocycles. The normalized spacial score (nSPS) is 18.1. The summed E-state index contributed by atoms with van der Waals surface area (Å²) in [5.74, 6) is 0.929. The van der Waals surface area contributed by atoms with Gasteiger partial charge in [-0.15, -0.1) is 0 Å². The summed E-state index contributed by atoms with van der Waals surface area (Å²) in [6.45, 7) is 3.81. The van der Waals surface area contributed by atoms with E-state index in [1.54, 1.807) is 0 Å². The van der Waals surface area contributed by atoms with Gasteiger partial charge in [-0.1, -0.05) is 23.4 Å². The molecule has 0 aliphatic carbocycles. The average molecular weight is 271 g/mol. The molecule has 1 aliphatic heterocycles. The van der Waals surface area contributed by atoms with Gasteiger partial charge in [-0.3, -0.25) is 0 Å². The number of hydrogen-bond acceptors (Lipinski definition) is 4. The number of anilines is 1. The molecule has 4 heteroatoms. The van der Waals surface area contributed by atoms with Crippen LogP contribution >= 0.6 is 0 Å². The summed E-state index contributed by atoms with van der Waals surface area (Å²) < 4.78 is 5.45. The van der Waals surface area contributed by atoms with Crippen LogP contribution in [0.25, 0.3) is 0 Å². The first-order valence-electron chi connectivity index (χ1n) is 7.21. The first-order chi connectivity index (χ1) is 9.78. The summed E-state index contributed by atoms with van der Waals surface area (Å²) in [7, 11) is 1.91. The van der Waals surface area contributed by atoms with Crippen molar-refractivity contribution in [2.24, 2.45) is 0 Å². The van der Waals surface area contributed by atoms with Crippen molar-refractivity contribution in [2.45, 2.75) is 38.9 Å². The molecule has 1 N–H and O–H groups in total. The van der Waals surface area contributed by atoms with Crippen molar-refractivity contribution in [1.29, 1.82) is 0 Å². The lowest BCUT2D eigenvalue weighted by Crippen LogP contribution is -2.36. The van der Waals surface area contributed by atoms with Gasteiger partial charge >= 0.3 is 0 Å². The molecule has 0 saturated carbocycles. The summed E-state index contributed by atoms with van der Waals surface area (Å²) in [5, 5.41) is 7.18. The van der Waals surface area contributed by atoms with Crippen molar-refractivity contribution in [3.8, 4) is 0 Å². The Bertz CT molecular complexity index is 579. The number of nitrogens with one attached hydrogen (secondary N) is 1. The zero-order valence-corrected chi connectivity index (χ0v) is 12.1. The number of aromatic nitrogens is 1. The zero-order chi connectivity index (χ0) is 13.9. The molecule has 106 valence electrons. The van der Waals surface area contributed by atoms with Crippen LogP contribution in [0.3, 0.4) is 0 Å². The second-order valence-corrected chi connectivity index (χ2v) is 5.46. The highest BCUT2D eigenvalue weighted by Crippen LogP contribution is 2.31. The van der Waals surface area contributed by atoms with Crippen LogP contribution in [0.4, 0.5) is 5.69 Å². The van der Waals surface area contributed by atoms with Crippen molar-refractivity contribution in [3.05, 3.63) is 47.3 Å². The first kappa shape index (κ1) is 13.2. The van der Waals surface area contributed by atoms with E-state index >= 15 is 0 Å². The molecular weight excluding hydrogens is 250 g/mol. The number of para-hydroxylation sites is 1. The van der Waals surface area contributed by atoms with E-state index in [4.69, 9.17) is 4.52 Å². The molecule has 1 aromatic carbocycles. The minimum absolute atomic E-state index is 0.530. The van der Waals surface area contributed by atoms with E-state index in [0.29, 0.717) is 6.04 Å². The van der Waals surface area contributed by atoms with Crippen molar-refractivity contribution in [2.75, 3.05) is 11.9 Å². The number of benzene rings is 1. The molecule has 0 saturated heterocycles. The Hall–Kier alpha value is -1.81. The lowest BCUT2D eigenvalue weighted by Gasteiger charge is -2.36. The van der Waals surface area contributed by atoms with E-state index in [9.17, 15) is 0 Å². The highest BCUT2D eigenvalue weighted by Gasteiger charge is 2.23. The van der Waals surface area contributed by atoms with E-state index in [2.05, 4.69) is 46.6 Å². The molecule has 2 aromatic rings. The molecule has 0 amide bonds. The fourth-order valence-electron chi connectivity index (χ4n) is 2.86. The monoisotopic (exact) mass is 271 g/mol. The van der Waals surface area contributed by atoms with Crippen LogP contribution < -0.4 is 10.2 Å². The van der Waals surface area contributed by atoms with Gasteiger partial charge in [-0.25, -0.2) is 0 Å². The van der Waals surface area contributed by atoms with Gasteiger partial charge in [0.25, 0.3) is 0 Å². The number of rotatable bonds is 4. The highest BCUT2D eigenvalue weighted by atomic mass is 16.5. The molecule has 1 atom stereocenters. The number of nitrogens with zero attached hydrogens (tertiary/aromatic N) is 2. The van der Waals surface area contributed by atoms with Crippen LogP contribution in [0.2, 0.25) is 0 Å². The molecular formula is C16H21N3O. The Kier molecular flexibility index (Phi) is 3.74. The van der Waals surface area contributed by atoms with E-state index in [1.165, 1.54) is 17.7 Å². The third kappa shape index (κ3) is 2.56. The quantitative estimate of drug-likeness (QED) is 0.928. The minimum atomic E-state index is 0.530. The van der Waals surface area contributed by atoms with E-state index in [-0.39, 0.29) is 0 Å². The van der Waals surface area contributed by atoms with Crippen LogP contribution in [0, 0.1) is 0 Å². The van der Waals surface area contributed by atoms with Crippen LogP contribution in [0.15, 0.2) is 34.9 Å². The van der Waals surface area contributed by atoms with E-state index < -0.39 is 0 Å². The van der Waals surface area contributed by atoms with Gasteiger partial charge in [-0.05, 0) is 38.4 Å². The maximum absolute atomic E-state index is 5.45. The molecule has 2 heterocycles. The van der Waals surface area contributed by atoms with Gasteiger partial charge in [0.1, 0.15) is 0 Å². The standard InChI is InChI=1S/C16H21N3O/c1-12-7-8-13-5-3-4-6-16(13)19(12)11-15-9-14(10-17-2)18-20-15/h3-6,9,12,17H,7-8,10-11H2,1-2H3. The predicted molar refractivity (Wildman–Crippen MR) is 79.7 cm³/mol. The van der Waals surface area contributed by atoms with Gasteiger partial charge in [0.15, 0.2) is 5.76 Å². The van der Waals surface area contributed by atoms with Crippen molar-refractivity contribution < 1.29 is 4.52 Å². The lowest BCUT2D eigenvalue weighted by atomic mass is 9.96. The number of fused-ring (bicyclic) bond motifs is 1. The summed E-state index contributed by atoms with van der Waals surface area (Å²) >= 11 is 0. The topological polar surface area (TPSA) is 41.3 Å². The Morgan fingerprint density at radius 2 is 2.25 bits per heavy atom. The minimum Gasteiger partial charge on any atom is -0.361 e. The average Bonchev–Trinajstić information content (AvgIpc) is 2.90. The third-order valence-corrected chi connectivity index (χ3v) is 3.96. The molecule has 0 radical (unpaired) electrons. The summed E-state index contributed by atoms with van der Waals surface area (Å²) in [6.07, 6.45) is 2.35. The molecule has 3 rings (SSSR count). The van der Waals surface area contributed by atoms with Crippen molar-refractivity contribution in [1.82, 2.24) is 10.5 Å². The van der Waals surface area contributed by atoms with Gasteiger partial charge in [0.05, 0.1) is 12.2 Å². The third-order valence-electron chi connectivity index (χ3n) is 3.96. The maximum Gasteiger partial charge on any atom is 0.156 e. The van der Waals surface area contributed by atoms with Crippen LogP contribution in [0.1, 0.15) is 30.4 Å². The summed E-state index contributed by atoms with van der Waals surface area (Å²) in [6, 6.07) is 11.2. The predicted octanol–water partition coefficient (Wildman–Crippen LogP) is 2.74. The fourth-order valence-corrected chi connectivity index (χ4v) is 2.86. The Morgan fingerprint density at radius 3 is 3.10 bits per heavy atom. The fraction of sp³-hybridized carbons (Fsp3) is 0.438. The van der Waals surface area contributed by atoms with Crippen LogP contribution in [-0.4, -0.2) is 18.2 Å². The molecule has 0 bridgehead atoms. The molecule has 20 heavy (non-hydrogen) atoms. The zero-order valence-electron chi connectivity index (χ0n) is 12.1. The molecule has 0 fully saturated rings. The van der Waals surface area contributed by atoms with Crippen molar-refractivity contribution >= 4 is 5.69 Å². The number of aryl methyl sites for hydroxylation is 1. The van der Waals surface area contributed by atoms with Gasteiger partial charge in [0, 0.05) is 24.3 Å². The van der Waals surface area contributed by atoms with E-state index in [1.807, 2.05) is 13.1 Å². The maximum atomic E-state index is 5.45. The molecule has 0 spiro atoms. The van der Waals surface area contributed by atoms with Gasteiger partial charge < -0.3 is 14.7 Å². The second-order valence-electron chi connectivity index (χ2n) is 5.46. The smallest absolute Gasteiger partial charge is 0.156 e. The largest absolute Gasteiger partial charge is 0.361 e. The van der Waals surface area contributed by atoms with E-state index in [0.717, 1.165) is 31.0 Å². The van der Waals surface area contributed by atoms with Crippen LogP contribution in [0.5, 0.6) is 0 Å². The Morgan fingerprint density at radius 1 is 1.40 bits per heavy atom. The van der Waals surface area contributed by atoms with Gasteiger partial charge in [-0.2, -0.15) is 0 Å². The SMILES string of the molecule is CNCc1cc(CN2c3ccccc3CCC2C)on1. The Labute approximate surface area is 119 Å². The summed E-state index contributed by atoms with van der Waals surface area (Å²) in [5.41, 5.74) is 3.72. The number of hydrogen-bond donors (Lipinski definition) is 1. The molecule has 1 unspecified atom stereocenters. The lowest BCUT2D eigenvalue weighted by molar-refractivity contribution is 0.368. The summed E-state index contributed by atoms with van der Waals surface area (Å²) in [4.78, 5) is 2.42. The Balaban J connectivity index is 1.82. The second kappa shape index (κ2) is 5.67. The van der Waals surface area contributed by atoms with Crippen molar-refractivity contribution in [3.63, 3.8) is 0 Å². The van der Waals surface area contributed by atoms with Crippen LogP contribution in [-0.2, 0) is 19.5 Å². The molecule has 1 aliphatic rings. The van der Waals surface area contributed by atoms with Gasteiger partial charge in [0.2, 0.25) is 0 Å².